The van der Waals surface area contributed by atoms with Crippen LogP contribution >= 0.6 is 23.5 Å². The molecule has 0 atom stereocenters. The molecular formula is C7H5Cl2NO2. The predicted molar refractivity (Wildman–Crippen MR) is 47.4 cm³/mol. The Morgan fingerprint density at radius 2 is 2.25 bits per heavy atom. The molecule has 0 spiro atoms. The van der Waals surface area contributed by atoms with Gasteiger partial charge in [0, 0.05) is 10.7 Å². The number of anilines is 1. The number of carbonyl (C=O) groups excluding carboxylic acids is 1. The average Bonchev–Trinajstić information content (AvgIpc) is 2.04. The summed E-state index contributed by atoms with van der Waals surface area (Å²) in [6.07, 6.45) is -0.737. The summed E-state index contributed by atoms with van der Waals surface area (Å²) in [5, 5.41) is 2.88. The van der Waals surface area contributed by atoms with Gasteiger partial charge in [-0.15, -0.1) is 0 Å². The molecule has 3 nitrogen and oxygen atoms in total. The zero-order valence-electron chi connectivity index (χ0n) is 5.88. The van der Waals surface area contributed by atoms with Crippen LogP contribution in [0.15, 0.2) is 24.3 Å². The van der Waals surface area contributed by atoms with E-state index in [2.05, 4.69) is 9.61 Å². The van der Waals surface area contributed by atoms with Crippen molar-refractivity contribution in [2.75, 3.05) is 5.32 Å². The molecular weight excluding hydrogens is 201 g/mol. The molecule has 1 aromatic rings. The van der Waals surface area contributed by atoms with Gasteiger partial charge in [0.2, 0.25) is 0 Å². The quantitative estimate of drug-likeness (QED) is 0.766. The molecule has 0 bridgehead atoms. The van der Waals surface area contributed by atoms with Crippen molar-refractivity contribution in [1.82, 2.24) is 0 Å². The molecule has 1 aromatic carbocycles. The zero-order chi connectivity index (χ0) is 8.97. The monoisotopic (exact) mass is 205 g/mol. The number of halogens is 2. The van der Waals surface area contributed by atoms with E-state index in [1.165, 1.54) is 0 Å². The van der Waals surface area contributed by atoms with Crippen LogP contribution in [-0.4, -0.2) is 6.09 Å². The summed E-state index contributed by atoms with van der Waals surface area (Å²) >= 11 is 10.4. The first-order valence-corrected chi connectivity index (χ1v) is 3.76. The van der Waals surface area contributed by atoms with Crippen LogP contribution in [0, 0.1) is 0 Å². The Labute approximate surface area is 79.4 Å². The first-order valence-electron chi connectivity index (χ1n) is 3.07. The SMILES string of the molecule is O=C(Nc1cccc(Cl)c1)OCl. The Bertz CT molecular complexity index is 290. The number of amides is 1. The molecule has 5 heteroatoms. The zero-order valence-corrected chi connectivity index (χ0v) is 7.39. The normalized spacial score (nSPS) is 9.17. The lowest BCUT2D eigenvalue weighted by molar-refractivity contribution is 0.219. The maximum atomic E-state index is 10.6. The molecule has 64 valence electrons. The summed E-state index contributed by atoms with van der Waals surface area (Å²) in [6, 6.07) is 6.64. The largest absolute Gasteiger partial charge is 0.429 e. The Balaban J connectivity index is 2.69. The van der Waals surface area contributed by atoms with E-state index in [1.807, 2.05) is 0 Å². The molecule has 0 heterocycles. The Hall–Kier alpha value is -0.930. The number of nitrogens with one attached hydrogen (secondary N) is 1. The highest BCUT2D eigenvalue weighted by Gasteiger charge is 2.00. The average molecular weight is 206 g/mol. The minimum absolute atomic E-state index is 0.530. The minimum atomic E-state index is -0.737. The van der Waals surface area contributed by atoms with E-state index in [1.54, 1.807) is 24.3 Å². The molecule has 0 fully saturated rings. The summed E-state index contributed by atoms with van der Waals surface area (Å²) in [5.41, 5.74) is 0.535. The van der Waals surface area contributed by atoms with Crippen molar-refractivity contribution in [3.05, 3.63) is 29.3 Å². The van der Waals surface area contributed by atoms with E-state index in [0.29, 0.717) is 10.7 Å². The van der Waals surface area contributed by atoms with E-state index >= 15 is 0 Å². The van der Waals surface area contributed by atoms with E-state index < -0.39 is 6.09 Å². The third-order valence-corrected chi connectivity index (χ3v) is 1.52. The summed E-state index contributed by atoms with van der Waals surface area (Å²) in [4.78, 5) is 10.6. The topological polar surface area (TPSA) is 38.3 Å². The van der Waals surface area contributed by atoms with Gasteiger partial charge in [0.25, 0.3) is 0 Å². The second-order valence-corrected chi connectivity index (χ2v) is 2.59. The summed E-state index contributed by atoms with van der Waals surface area (Å²) < 4.78 is 3.87. The van der Waals surface area contributed by atoms with Crippen molar-refractivity contribution >= 4 is 35.2 Å². The molecule has 0 radical (unpaired) electrons. The second kappa shape index (κ2) is 4.18. The van der Waals surface area contributed by atoms with Gasteiger partial charge >= 0.3 is 6.09 Å². The van der Waals surface area contributed by atoms with Crippen molar-refractivity contribution in [3.63, 3.8) is 0 Å². The van der Waals surface area contributed by atoms with Gasteiger partial charge < -0.3 is 4.29 Å². The number of hydrogen-bond acceptors (Lipinski definition) is 2. The minimum Gasteiger partial charge on any atom is -0.330 e. The van der Waals surface area contributed by atoms with Crippen LogP contribution in [-0.2, 0) is 4.29 Å². The fourth-order valence-corrected chi connectivity index (χ4v) is 0.932. The van der Waals surface area contributed by atoms with E-state index in [9.17, 15) is 4.79 Å². The summed E-state index contributed by atoms with van der Waals surface area (Å²) in [5.74, 6) is 0. The number of hydrogen-bond donors (Lipinski definition) is 1. The molecule has 0 aliphatic rings. The van der Waals surface area contributed by atoms with Gasteiger partial charge in [-0.3, -0.25) is 5.32 Å². The van der Waals surface area contributed by atoms with Gasteiger partial charge in [0.1, 0.15) is 11.9 Å². The van der Waals surface area contributed by atoms with Crippen LogP contribution in [0.3, 0.4) is 0 Å². The van der Waals surface area contributed by atoms with Crippen LogP contribution in [0.1, 0.15) is 0 Å². The fourth-order valence-electron chi connectivity index (χ4n) is 0.703. The first kappa shape index (κ1) is 9.16. The van der Waals surface area contributed by atoms with Crippen LogP contribution in [0.5, 0.6) is 0 Å². The molecule has 1 amide bonds. The highest BCUT2D eigenvalue weighted by atomic mass is 35.5. The lowest BCUT2D eigenvalue weighted by Gasteiger charge is -2.00. The van der Waals surface area contributed by atoms with Crippen LogP contribution < -0.4 is 5.32 Å². The van der Waals surface area contributed by atoms with Crippen molar-refractivity contribution in [1.29, 1.82) is 0 Å². The van der Waals surface area contributed by atoms with Gasteiger partial charge in [-0.05, 0) is 18.2 Å². The lowest BCUT2D eigenvalue weighted by atomic mass is 10.3. The molecule has 0 aliphatic heterocycles. The van der Waals surface area contributed by atoms with E-state index in [0.717, 1.165) is 0 Å². The molecule has 1 rings (SSSR count). The predicted octanol–water partition coefficient (Wildman–Crippen LogP) is 3.04. The van der Waals surface area contributed by atoms with Crippen molar-refractivity contribution < 1.29 is 9.08 Å². The maximum Gasteiger partial charge on any atom is 0.429 e. The van der Waals surface area contributed by atoms with E-state index in [-0.39, 0.29) is 0 Å². The number of rotatable bonds is 1. The van der Waals surface area contributed by atoms with Gasteiger partial charge in [-0.2, -0.15) is 0 Å². The molecule has 0 saturated heterocycles. The van der Waals surface area contributed by atoms with Crippen LogP contribution in [0.25, 0.3) is 0 Å². The first-order chi connectivity index (χ1) is 5.72. The third kappa shape index (κ3) is 2.60. The van der Waals surface area contributed by atoms with Crippen molar-refractivity contribution in [2.24, 2.45) is 0 Å². The summed E-state index contributed by atoms with van der Waals surface area (Å²) in [6.45, 7) is 0. The lowest BCUT2D eigenvalue weighted by Crippen LogP contribution is -2.08. The number of carbonyl (C=O) groups is 1. The second-order valence-electron chi connectivity index (χ2n) is 2.00. The molecule has 1 N–H and O–H groups in total. The van der Waals surface area contributed by atoms with Crippen molar-refractivity contribution in [3.8, 4) is 0 Å². The Morgan fingerprint density at radius 1 is 1.50 bits per heavy atom. The molecule has 12 heavy (non-hydrogen) atoms. The van der Waals surface area contributed by atoms with Crippen LogP contribution in [0.4, 0.5) is 10.5 Å². The van der Waals surface area contributed by atoms with Gasteiger partial charge in [-0.1, -0.05) is 17.7 Å². The van der Waals surface area contributed by atoms with Crippen LogP contribution in [0.2, 0.25) is 5.02 Å². The summed E-state index contributed by atoms with van der Waals surface area (Å²) in [7, 11) is 0. The van der Waals surface area contributed by atoms with Crippen molar-refractivity contribution in [2.45, 2.75) is 0 Å². The molecule has 0 unspecified atom stereocenters. The van der Waals surface area contributed by atoms with Gasteiger partial charge in [0.05, 0.1) is 0 Å². The Kier molecular flexibility index (Phi) is 3.19. The maximum absolute atomic E-state index is 10.6. The fraction of sp³-hybridized carbons (Fsp3) is 0. The van der Waals surface area contributed by atoms with Gasteiger partial charge in [0.15, 0.2) is 0 Å². The molecule has 0 aliphatic carbocycles. The number of benzene rings is 1. The standard InChI is InChI=1S/C7H5Cl2NO2/c8-5-2-1-3-6(4-5)10-7(11)12-9/h1-4H,(H,10,11). The van der Waals surface area contributed by atoms with E-state index in [4.69, 9.17) is 23.5 Å². The van der Waals surface area contributed by atoms with Gasteiger partial charge in [-0.25, -0.2) is 4.79 Å². The molecule has 0 saturated carbocycles. The smallest absolute Gasteiger partial charge is 0.330 e. The Morgan fingerprint density at radius 3 is 2.83 bits per heavy atom. The highest BCUT2D eigenvalue weighted by Crippen LogP contribution is 2.14. The molecule has 0 aromatic heterocycles. The highest BCUT2D eigenvalue weighted by molar-refractivity contribution is 6.30. The third-order valence-electron chi connectivity index (χ3n) is 1.14.